The summed E-state index contributed by atoms with van der Waals surface area (Å²) in [6.07, 6.45) is 0.302. The molecular formula is C15H22BrNO4S. The SMILES string of the molecule is CC(C)(C)NS(=O)(=O)c1ccc(CC(C)(C)C(=O)O)c(Br)c1. The van der Waals surface area contributed by atoms with E-state index < -0.39 is 26.9 Å². The Balaban J connectivity index is 3.12. The van der Waals surface area contributed by atoms with Gasteiger partial charge in [0.1, 0.15) is 0 Å². The number of hydrogen-bond acceptors (Lipinski definition) is 3. The van der Waals surface area contributed by atoms with E-state index in [0.717, 1.165) is 5.56 Å². The highest BCUT2D eigenvalue weighted by Crippen LogP contribution is 2.29. The van der Waals surface area contributed by atoms with Crippen molar-refractivity contribution in [3.63, 3.8) is 0 Å². The van der Waals surface area contributed by atoms with Crippen molar-refractivity contribution in [1.29, 1.82) is 0 Å². The Bertz CT molecular complexity index is 675. The van der Waals surface area contributed by atoms with Crippen LogP contribution in [0.1, 0.15) is 40.2 Å². The summed E-state index contributed by atoms with van der Waals surface area (Å²) in [7, 11) is -3.61. The van der Waals surface area contributed by atoms with E-state index in [1.54, 1.807) is 40.7 Å². The Morgan fingerprint density at radius 1 is 1.23 bits per heavy atom. The first-order chi connectivity index (χ1) is 9.74. The van der Waals surface area contributed by atoms with Gasteiger partial charge in [0.05, 0.1) is 10.3 Å². The highest BCUT2D eigenvalue weighted by molar-refractivity contribution is 9.10. The number of benzene rings is 1. The van der Waals surface area contributed by atoms with E-state index in [1.165, 1.54) is 12.1 Å². The van der Waals surface area contributed by atoms with E-state index in [-0.39, 0.29) is 4.90 Å². The molecule has 5 nitrogen and oxygen atoms in total. The normalized spacial score (nSPS) is 13.2. The van der Waals surface area contributed by atoms with Crippen LogP contribution in [-0.2, 0) is 21.2 Å². The van der Waals surface area contributed by atoms with Crippen molar-refractivity contribution < 1.29 is 18.3 Å². The van der Waals surface area contributed by atoms with Gasteiger partial charge in [0.25, 0.3) is 0 Å². The molecule has 22 heavy (non-hydrogen) atoms. The van der Waals surface area contributed by atoms with Crippen LogP contribution >= 0.6 is 15.9 Å². The zero-order chi connectivity index (χ0) is 17.3. The first-order valence-electron chi connectivity index (χ1n) is 6.80. The molecule has 0 aliphatic carbocycles. The van der Waals surface area contributed by atoms with Gasteiger partial charge in [0, 0.05) is 10.0 Å². The summed E-state index contributed by atoms with van der Waals surface area (Å²) < 4.78 is 27.7. The van der Waals surface area contributed by atoms with E-state index in [2.05, 4.69) is 20.7 Å². The van der Waals surface area contributed by atoms with E-state index in [0.29, 0.717) is 10.9 Å². The number of carboxylic acids is 1. The molecule has 0 spiro atoms. The molecule has 0 aliphatic rings. The average molecular weight is 392 g/mol. The van der Waals surface area contributed by atoms with Gasteiger partial charge in [-0.25, -0.2) is 13.1 Å². The van der Waals surface area contributed by atoms with Crippen molar-refractivity contribution in [3.05, 3.63) is 28.2 Å². The summed E-state index contributed by atoms with van der Waals surface area (Å²) >= 11 is 3.34. The third kappa shape index (κ3) is 5.07. The lowest BCUT2D eigenvalue weighted by molar-refractivity contribution is -0.146. The van der Waals surface area contributed by atoms with Crippen LogP contribution in [0.2, 0.25) is 0 Å². The highest BCUT2D eigenvalue weighted by Gasteiger charge is 2.29. The molecule has 0 saturated carbocycles. The van der Waals surface area contributed by atoms with Crippen LogP contribution in [0.5, 0.6) is 0 Å². The Morgan fingerprint density at radius 2 is 1.77 bits per heavy atom. The van der Waals surface area contributed by atoms with Gasteiger partial charge >= 0.3 is 5.97 Å². The van der Waals surface area contributed by atoms with Crippen molar-refractivity contribution >= 4 is 31.9 Å². The highest BCUT2D eigenvalue weighted by atomic mass is 79.9. The summed E-state index contributed by atoms with van der Waals surface area (Å²) in [6.45, 7) is 8.57. The zero-order valence-electron chi connectivity index (χ0n) is 13.4. The number of carbonyl (C=O) groups is 1. The van der Waals surface area contributed by atoms with Gasteiger partial charge in [-0.1, -0.05) is 22.0 Å². The largest absolute Gasteiger partial charge is 0.481 e. The first kappa shape index (κ1) is 19.1. The van der Waals surface area contributed by atoms with Crippen LogP contribution in [0.15, 0.2) is 27.6 Å². The second kappa shape index (κ2) is 6.29. The number of halogens is 1. The van der Waals surface area contributed by atoms with Crippen LogP contribution in [-0.4, -0.2) is 25.0 Å². The van der Waals surface area contributed by atoms with Gasteiger partial charge in [-0.05, 0) is 58.7 Å². The molecule has 0 saturated heterocycles. The zero-order valence-corrected chi connectivity index (χ0v) is 15.8. The van der Waals surface area contributed by atoms with Crippen molar-refractivity contribution in [1.82, 2.24) is 4.72 Å². The van der Waals surface area contributed by atoms with Crippen molar-refractivity contribution in [2.75, 3.05) is 0 Å². The Labute approximate surface area is 140 Å². The lowest BCUT2D eigenvalue weighted by Gasteiger charge is -2.22. The molecule has 0 aromatic heterocycles. The number of hydrogen-bond donors (Lipinski definition) is 2. The fraction of sp³-hybridized carbons (Fsp3) is 0.533. The second-order valence-corrected chi connectivity index (χ2v) is 9.51. The van der Waals surface area contributed by atoms with Crippen LogP contribution < -0.4 is 4.72 Å². The molecule has 1 rings (SSSR count). The molecule has 0 heterocycles. The van der Waals surface area contributed by atoms with Crippen LogP contribution in [0, 0.1) is 5.41 Å². The number of sulfonamides is 1. The quantitative estimate of drug-likeness (QED) is 0.806. The molecule has 0 atom stereocenters. The molecular weight excluding hydrogens is 370 g/mol. The van der Waals surface area contributed by atoms with Gasteiger partial charge < -0.3 is 5.11 Å². The van der Waals surface area contributed by atoms with E-state index >= 15 is 0 Å². The maximum Gasteiger partial charge on any atom is 0.309 e. The number of carboxylic acid groups (broad SMARTS) is 1. The van der Waals surface area contributed by atoms with Crippen LogP contribution in [0.3, 0.4) is 0 Å². The fourth-order valence-electron chi connectivity index (χ4n) is 1.85. The molecule has 1 aromatic carbocycles. The van der Waals surface area contributed by atoms with Gasteiger partial charge in [0.2, 0.25) is 10.0 Å². The predicted molar refractivity (Wildman–Crippen MR) is 89.3 cm³/mol. The summed E-state index contributed by atoms with van der Waals surface area (Å²) in [6, 6.07) is 4.64. The molecule has 0 fully saturated rings. The number of rotatable bonds is 5. The monoisotopic (exact) mass is 391 g/mol. The van der Waals surface area contributed by atoms with Crippen LogP contribution in [0.4, 0.5) is 0 Å². The molecule has 0 bridgehead atoms. The fourth-order valence-corrected chi connectivity index (χ4v) is 3.97. The van der Waals surface area contributed by atoms with Crippen molar-refractivity contribution in [3.8, 4) is 0 Å². The van der Waals surface area contributed by atoms with Crippen molar-refractivity contribution in [2.45, 2.75) is 51.5 Å². The van der Waals surface area contributed by atoms with E-state index in [4.69, 9.17) is 0 Å². The smallest absolute Gasteiger partial charge is 0.309 e. The Morgan fingerprint density at radius 3 is 2.18 bits per heavy atom. The van der Waals surface area contributed by atoms with E-state index in [9.17, 15) is 18.3 Å². The average Bonchev–Trinajstić information content (AvgIpc) is 2.28. The van der Waals surface area contributed by atoms with Gasteiger partial charge in [-0.15, -0.1) is 0 Å². The topological polar surface area (TPSA) is 83.5 Å². The van der Waals surface area contributed by atoms with Crippen molar-refractivity contribution in [2.24, 2.45) is 5.41 Å². The molecule has 124 valence electrons. The molecule has 0 unspecified atom stereocenters. The van der Waals surface area contributed by atoms with Crippen LogP contribution in [0.25, 0.3) is 0 Å². The lowest BCUT2D eigenvalue weighted by atomic mass is 9.86. The second-order valence-electron chi connectivity index (χ2n) is 6.97. The molecule has 0 radical (unpaired) electrons. The van der Waals surface area contributed by atoms with Gasteiger partial charge in [-0.3, -0.25) is 4.79 Å². The predicted octanol–water partition coefficient (Wildman–Crippen LogP) is 3.18. The minimum Gasteiger partial charge on any atom is -0.481 e. The third-order valence-corrected chi connectivity index (χ3v) is 5.48. The lowest BCUT2D eigenvalue weighted by Crippen LogP contribution is -2.40. The summed E-state index contributed by atoms with van der Waals surface area (Å²) in [5.74, 6) is -0.898. The maximum absolute atomic E-state index is 12.3. The summed E-state index contributed by atoms with van der Waals surface area (Å²) in [5.41, 5.74) is -0.746. The summed E-state index contributed by atoms with van der Waals surface area (Å²) in [4.78, 5) is 11.3. The molecule has 2 N–H and O–H groups in total. The van der Waals surface area contributed by atoms with Gasteiger partial charge in [-0.2, -0.15) is 0 Å². The Kier molecular flexibility index (Phi) is 5.47. The van der Waals surface area contributed by atoms with E-state index in [1.807, 2.05) is 0 Å². The number of nitrogens with one attached hydrogen (secondary N) is 1. The Hall–Kier alpha value is -0.920. The maximum atomic E-state index is 12.3. The molecule has 1 aromatic rings. The molecule has 0 amide bonds. The minimum atomic E-state index is -3.61. The summed E-state index contributed by atoms with van der Waals surface area (Å²) in [5, 5.41) is 9.18. The third-order valence-electron chi connectivity index (χ3n) is 2.99. The number of aliphatic carboxylic acids is 1. The molecule has 0 aliphatic heterocycles. The standard InChI is InChI=1S/C15H22BrNO4S/c1-14(2,3)17-22(20,21)11-7-6-10(12(16)8-11)9-15(4,5)13(18)19/h6-8,17H,9H2,1-5H3,(H,18,19). The first-order valence-corrected chi connectivity index (χ1v) is 9.08. The van der Waals surface area contributed by atoms with Gasteiger partial charge in [0.15, 0.2) is 0 Å². The minimum absolute atomic E-state index is 0.145. The molecule has 7 heteroatoms.